The van der Waals surface area contributed by atoms with Crippen molar-refractivity contribution in [2.45, 2.75) is 56.9 Å². The van der Waals surface area contributed by atoms with Crippen LogP contribution in [0.5, 0.6) is 0 Å². The summed E-state index contributed by atoms with van der Waals surface area (Å²) in [6, 6.07) is -0.0660. The number of nitrogens with zero attached hydrogens (tertiary/aromatic N) is 1. The van der Waals surface area contributed by atoms with E-state index in [9.17, 15) is 9.90 Å². The summed E-state index contributed by atoms with van der Waals surface area (Å²) < 4.78 is 0. The Morgan fingerprint density at radius 2 is 1.84 bits per heavy atom. The zero-order valence-electron chi connectivity index (χ0n) is 12.4. The Morgan fingerprint density at radius 1 is 1.26 bits per heavy atom. The Bertz CT molecular complexity index is 264. The lowest BCUT2D eigenvalue weighted by Crippen LogP contribution is -2.50. The van der Waals surface area contributed by atoms with Gasteiger partial charge in [-0.25, -0.2) is 0 Å². The highest BCUT2D eigenvalue weighted by atomic mass is 32.2. The summed E-state index contributed by atoms with van der Waals surface area (Å²) in [7, 11) is 0. The molecule has 112 valence electrons. The normalized spacial score (nSPS) is 22.3. The molecule has 1 amide bonds. The predicted octanol–water partition coefficient (Wildman–Crippen LogP) is 1.48. The molecule has 0 radical (unpaired) electrons. The van der Waals surface area contributed by atoms with Crippen molar-refractivity contribution >= 4 is 17.7 Å². The van der Waals surface area contributed by atoms with Crippen LogP contribution in [0.3, 0.4) is 0 Å². The van der Waals surface area contributed by atoms with Gasteiger partial charge in [0.1, 0.15) is 0 Å². The summed E-state index contributed by atoms with van der Waals surface area (Å²) in [6.07, 6.45) is 6.90. The molecule has 0 bridgehead atoms. The van der Waals surface area contributed by atoms with Crippen molar-refractivity contribution in [1.29, 1.82) is 0 Å². The van der Waals surface area contributed by atoms with Crippen molar-refractivity contribution in [2.75, 3.05) is 26.0 Å². The molecule has 0 spiro atoms. The summed E-state index contributed by atoms with van der Waals surface area (Å²) in [4.78, 5) is 14.5. The number of nitrogens with one attached hydrogen (secondary N) is 1. The highest BCUT2D eigenvalue weighted by Gasteiger charge is 2.25. The Balaban J connectivity index is 2.46. The van der Waals surface area contributed by atoms with Crippen LogP contribution in [0.15, 0.2) is 0 Å². The maximum Gasteiger partial charge on any atom is 0.237 e. The number of aliphatic hydroxyl groups excluding tert-OH is 1. The van der Waals surface area contributed by atoms with Crippen LogP contribution in [0.25, 0.3) is 0 Å². The molecule has 0 aromatic heterocycles. The van der Waals surface area contributed by atoms with Gasteiger partial charge in [-0.1, -0.05) is 12.8 Å². The van der Waals surface area contributed by atoms with Crippen molar-refractivity contribution in [3.8, 4) is 0 Å². The molecular weight excluding hydrogens is 260 g/mol. The van der Waals surface area contributed by atoms with Gasteiger partial charge in [0.05, 0.1) is 12.6 Å². The molecule has 1 saturated heterocycles. The standard InChI is InChI=1S/C14H28N2O2S/c1-11(13(10-17)19-3)15-14(18)12(2)16-8-6-4-5-7-9-16/h11-13,17H,4-10H2,1-3H3,(H,15,18). The number of thioether (sulfide) groups is 1. The molecule has 0 saturated carbocycles. The van der Waals surface area contributed by atoms with Crippen molar-refractivity contribution in [2.24, 2.45) is 0 Å². The van der Waals surface area contributed by atoms with Gasteiger partial charge in [-0.2, -0.15) is 11.8 Å². The van der Waals surface area contributed by atoms with Crippen LogP contribution in [0.2, 0.25) is 0 Å². The Labute approximate surface area is 121 Å². The summed E-state index contributed by atoms with van der Waals surface area (Å²) in [5.74, 6) is 0.0851. The van der Waals surface area contributed by atoms with Gasteiger partial charge in [0.15, 0.2) is 0 Å². The molecule has 0 aliphatic carbocycles. The van der Waals surface area contributed by atoms with E-state index < -0.39 is 0 Å². The van der Waals surface area contributed by atoms with Gasteiger partial charge in [0, 0.05) is 11.3 Å². The maximum atomic E-state index is 12.3. The first kappa shape index (κ1) is 16.8. The average Bonchev–Trinajstić information content (AvgIpc) is 2.68. The predicted molar refractivity (Wildman–Crippen MR) is 81.5 cm³/mol. The highest BCUT2D eigenvalue weighted by Crippen LogP contribution is 2.14. The number of hydrogen-bond acceptors (Lipinski definition) is 4. The van der Waals surface area contributed by atoms with Crippen molar-refractivity contribution in [3.63, 3.8) is 0 Å². The van der Waals surface area contributed by atoms with E-state index in [2.05, 4.69) is 10.2 Å². The van der Waals surface area contributed by atoms with Crippen LogP contribution in [-0.4, -0.2) is 59.2 Å². The number of aliphatic hydroxyl groups is 1. The second-order valence-electron chi connectivity index (χ2n) is 5.38. The largest absolute Gasteiger partial charge is 0.395 e. The molecule has 1 heterocycles. The average molecular weight is 288 g/mol. The minimum Gasteiger partial charge on any atom is -0.395 e. The third kappa shape index (κ3) is 5.32. The second-order valence-corrected chi connectivity index (χ2v) is 6.46. The molecule has 3 unspecified atom stereocenters. The number of carbonyl (C=O) groups excluding carboxylic acids is 1. The van der Waals surface area contributed by atoms with Crippen LogP contribution >= 0.6 is 11.8 Å². The molecule has 1 aliphatic rings. The van der Waals surface area contributed by atoms with Gasteiger partial charge in [0.2, 0.25) is 5.91 Å². The summed E-state index contributed by atoms with van der Waals surface area (Å²) in [5, 5.41) is 12.4. The SMILES string of the molecule is CSC(CO)C(C)NC(=O)C(C)N1CCCCCC1. The van der Waals surface area contributed by atoms with Crippen LogP contribution < -0.4 is 5.32 Å². The summed E-state index contributed by atoms with van der Waals surface area (Å²) >= 11 is 1.59. The third-order valence-electron chi connectivity index (χ3n) is 3.98. The Hall–Kier alpha value is -0.260. The number of hydrogen-bond donors (Lipinski definition) is 2. The van der Waals surface area contributed by atoms with Crippen LogP contribution in [0.4, 0.5) is 0 Å². The minimum atomic E-state index is -0.0678. The maximum absolute atomic E-state index is 12.3. The van der Waals surface area contributed by atoms with Gasteiger partial charge in [-0.15, -0.1) is 0 Å². The number of amides is 1. The van der Waals surface area contributed by atoms with E-state index in [4.69, 9.17) is 0 Å². The van der Waals surface area contributed by atoms with Gasteiger partial charge >= 0.3 is 0 Å². The monoisotopic (exact) mass is 288 g/mol. The third-order valence-corrected chi connectivity index (χ3v) is 5.14. The smallest absolute Gasteiger partial charge is 0.237 e. The zero-order chi connectivity index (χ0) is 14.3. The molecule has 1 rings (SSSR count). The molecule has 0 aromatic rings. The van der Waals surface area contributed by atoms with Gasteiger partial charge < -0.3 is 10.4 Å². The molecule has 5 heteroatoms. The first-order valence-corrected chi connectivity index (χ1v) is 8.57. The first-order chi connectivity index (χ1) is 9.10. The molecule has 19 heavy (non-hydrogen) atoms. The molecule has 4 nitrogen and oxygen atoms in total. The van der Waals surface area contributed by atoms with Gasteiger partial charge in [-0.05, 0) is 46.0 Å². The number of likely N-dealkylation sites (tertiary alicyclic amines) is 1. The van der Waals surface area contributed by atoms with E-state index >= 15 is 0 Å². The van der Waals surface area contributed by atoms with Crippen LogP contribution in [0.1, 0.15) is 39.5 Å². The van der Waals surface area contributed by atoms with E-state index in [1.807, 2.05) is 20.1 Å². The van der Waals surface area contributed by atoms with E-state index in [0.29, 0.717) is 0 Å². The van der Waals surface area contributed by atoms with Crippen molar-refractivity contribution < 1.29 is 9.90 Å². The molecule has 3 atom stereocenters. The minimum absolute atomic E-state index is 0.00179. The molecular formula is C14H28N2O2S. The van der Waals surface area contributed by atoms with Crippen molar-refractivity contribution in [3.05, 3.63) is 0 Å². The highest BCUT2D eigenvalue weighted by molar-refractivity contribution is 7.99. The van der Waals surface area contributed by atoms with Crippen LogP contribution in [-0.2, 0) is 4.79 Å². The Morgan fingerprint density at radius 3 is 2.32 bits per heavy atom. The number of rotatable bonds is 6. The molecule has 1 aliphatic heterocycles. The lowest BCUT2D eigenvalue weighted by Gasteiger charge is -2.29. The lowest BCUT2D eigenvalue weighted by atomic mass is 10.2. The molecule has 0 aromatic carbocycles. The zero-order valence-corrected chi connectivity index (χ0v) is 13.2. The molecule has 1 fully saturated rings. The van der Waals surface area contributed by atoms with E-state index in [-0.39, 0.29) is 29.8 Å². The molecule has 2 N–H and O–H groups in total. The first-order valence-electron chi connectivity index (χ1n) is 7.28. The number of carbonyl (C=O) groups is 1. The fraction of sp³-hybridized carbons (Fsp3) is 0.929. The van der Waals surface area contributed by atoms with E-state index in [1.165, 1.54) is 25.7 Å². The Kier molecular flexibility index (Phi) is 7.80. The van der Waals surface area contributed by atoms with Gasteiger partial charge in [0.25, 0.3) is 0 Å². The quantitative estimate of drug-likeness (QED) is 0.777. The van der Waals surface area contributed by atoms with Crippen molar-refractivity contribution in [1.82, 2.24) is 10.2 Å². The van der Waals surface area contributed by atoms with E-state index in [0.717, 1.165) is 13.1 Å². The van der Waals surface area contributed by atoms with E-state index in [1.54, 1.807) is 11.8 Å². The van der Waals surface area contributed by atoms with Gasteiger partial charge in [-0.3, -0.25) is 9.69 Å². The van der Waals surface area contributed by atoms with Crippen LogP contribution in [0, 0.1) is 0 Å². The topological polar surface area (TPSA) is 52.6 Å². The fourth-order valence-corrected chi connectivity index (χ4v) is 3.15. The fourth-order valence-electron chi connectivity index (χ4n) is 2.52. The summed E-state index contributed by atoms with van der Waals surface area (Å²) in [6.45, 7) is 6.09. The second kappa shape index (κ2) is 8.82. The lowest BCUT2D eigenvalue weighted by molar-refractivity contribution is -0.126. The summed E-state index contributed by atoms with van der Waals surface area (Å²) in [5.41, 5.74) is 0.